The first-order valence-electron chi connectivity index (χ1n) is 6.30. The second-order valence-corrected chi connectivity index (χ2v) is 8.55. The summed E-state index contributed by atoms with van der Waals surface area (Å²) < 4.78 is 50.5. The van der Waals surface area contributed by atoms with Crippen LogP contribution in [-0.4, -0.2) is 22.4 Å². The van der Waals surface area contributed by atoms with E-state index in [-0.39, 0.29) is 9.79 Å². The molecule has 1 aliphatic rings. The highest BCUT2D eigenvalue weighted by Crippen LogP contribution is 2.31. The van der Waals surface area contributed by atoms with E-state index in [2.05, 4.69) is 4.72 Å². The van der Waals surface area contributed by atoms with Gasteiger partial charge in [-0.2, -0.15) is 0 Å². The first-order valence-corrected chi connectivity index (χ1v) is 9.33. The summed E-state index contributed by atoms with van der Waals surface area (Å²) in [7, 11) is -8.01. The molecule has 0 heterocycles. The van der Waals surface area contributed by atoms with Crippen LogP contribution >= 0.6 is 0 Å². The molecule has 0 saturated heterocycles. The van der Waals surface area contributed by atoms with E-state index in [4.69, 9.17) is 5.14 Å². The van der Waals surface area contributed by atoms with Crippen molar-refractivity contribution in [1.29, 1.82) is 0 Å². The van der Waals surface area contributed by atoms with Gasteiger partial charge in [0.25, 0.3) is 0 Å². The zero-order valence-corrected chi connectivity index (χ0v) is 12.8. The van der Waals surface area contributed by atoms with Crippen LogP contribution in [0.3, 0.4) is 0 Å². The summed E-state index contributed by atoms with van der Waals surface area (Å²) in [5.74, 6) is 0. The highest BCUT2D eigenvalue weighted by molar-refractivity contribution is 7.92. The Hall–Kier alpha value is -0.960. The van der Waals surface area contributed by atoms with Crippen molar-refractivity contribution in [3.8, 4) is 0 Å². The SMILES string of the molecule is CC1(NS(=O)(=O)c2ccccc2S(N)(=O)=O)CCCC1. The van der Waals surface area contributed by atoms with Gasteiger partial charge in [-0.05, 0) is 31.9 Å². The van der Waals surface area contributed by atoms with Gasteiger partial charge in [0, 0.05) is 5.54 Å². The monoisotopic (exact) mass is 318 g/mol. The molecule has 2 rings (SSSR count). The van der Waals surface area contributed by atoms with Crippen LogP contribution < -0.4 is 9.86 Å². The van der Waals surface area contributed by atoms with Crippen molar-refractivity contribution in [1.82, 2.24) is 4.72 Å². The van der Waals surface area contributed by atoms with E-state index in [1.165, 1.54) is 24.3 Å². The molecular formula is C12H18N2O4S2. The Morgan fingerprint density at radius 3 is 2.05 bits per heavy atom. The van der Waals surface area contributed by atoms with Crippen LogP contribution in [0, 0.1) is 0 Å². The summed E-state index contributed by atoms with van der Waals surface area (Å²) >= 11 is 0. The molecule has 20 heavy (non-hydrogen) atoms. The largest absolute Gasteiger partial charge is 0.242 e. The number of benzene rings is 1. The molecule has 8 heteroatoms. The minimum atomic E-state index is -4.09. The van der Waals surface area contributed by atoms with Crippen LogP contribution in [0.1, 0.15) is 32.6 Å². The fourth-order valence-corrected chi connectivity index (χ4v) is 5.39. The number of hydrogen-bond donors (Lipinski definition) is 2. The summed E-state index contributed by atoms with van der Waals surface area (Å²) in [6.45, 7) is 1.83. The molecule has 112 valence electrons. The van der Waals surface area contributed by atoms with E-state index in [1.807, 2.05) is 6.92 Å². The Bertz CT molecular complexity index is 705. The van der Waals surface area contributed by atoms with Crippen molar-refractivity contribution in [3.05, 3.63) is 24.3 Å². The number of primary sulfonamides is 1. The Kier molecular flexibility index (Phi) is 3.94. The van der Waals surface area contributed by atoms with Crippen molar-refractivity contribution in [2.75, 3.05) is 0 Å². The number of sulfonamides is 2. The maximum atomic E-state index is 12.4. The molecule has 1 saturated carbocycles. The summed E-state index contributed by atoms with van der Waals surface area (Å²) in [4.78, 5) is -0.676. The smallest absolute Gasteiger partial charge is 0.225 e. The maximum absolute atomic E-state index is 12.4. The fraction of sp³-hybridized carbons (Fsp3) is 0.500. The van der Waals surface area contributed by atoms with E-state index in [9.17, 15) is 16.8 Å². The van der Waals surface area contributed by atoms with Crippen molar-refractivity contribution >= 4 is 20.0 Å². The number of hydrogen-bond acceptors (Lipinski definition) is 4. The van der Waals surface area contributed by atoms with Crippen molar-refractivity contribution in [3.63, 3.8) is 0 Å². The fourth-order valence-electron chi connectivity index (χ4n) is 2.54. The second kappa shape index (κ2) is 5.10. The van der Waals surface area contributed by atoms with Gasteiger partial charge in [-0.1, -0.05) is 25.0 Å². The summed E-state index contributed by atoms with van der Waals surface area (Å²) in [6.07, 6.45) is 3.39. The van der Waals surface area contributed by atoms with Gasteiger partial charge in [0.2, 0.25) is 20.0 Å². The highest BCUT2D eigenvalue weighted by atomic mass is 32.2. The topological polar surface area (TPSA) is 106 Å². The third kappa shape index (κ3) is 3.20. The van der Waals surface area contributed by atoms with Gasteiger partial charge in [-0.3, -0.25) is 0 Å². The predicted molar refractivity (Wildman–Crippen MR) is 75.0 cm³/mol. The van der Waals surface area contributed by atoms with Gasteiger partial charge in [-0.25, -0.2) is 26.7 Å². The molecule has 0 radical (unpaired) electrons. The lowest BCUT2D eigenvalue weighted by Gasteiger charge is -2.25. The molecule has 1 fully saturated rings. The highest BCUT2D eigenvalue weighted by Gasteiger charge is 2.35. The lowest BCUT2D eigenvalue weighted by molar-refractivity contribution is 0.427. The molecule has 1 aliphatic carbocycles. The lowest BCUT2D eigenvalue weighted by atomic mass is 10.0. The molecule has 0 atom stereocenters. The van der Waals surface area contributed by atoms with Crippen molar-refractivity contribution in [2.24, 2.45) is 5.14 Å². The summed E-state index contributed by atoms with van der Waals surface area (Å²) in [5, 5.41) is 5.08. The van der Waals surface area contributed by atoms with Gasteiger partial charge in [0.15, 0.2) is 0 Å². The number of nitrogens with one attached hydrogen (secondary N) is 1. The number of rotatable bonds is 4. The normalized spacial score (nSPS) is 19.1. The van der Waals surface area contributed by atoms with Gasteiger partial charge in [0.1, 0.15) is 9.79 Å². The average molecular weight is 318 g/mol. The van der Waals surface area contributed by atoms with Crippen LogP contribution in [0.25, 0.3) is 0 Å². The van der Waals surface area contributed by atoms with Gasteiger partial charge in [0.05, 0.1) is 0 Å². The molecule has 1 aromatic carbocycles. The van der Waals surface area contributed by atoms with E-state index in [1.54, 1.807) is 0 Å². The molecular weight excluding hydrogens is 300 g/mol. The van der Waals surface area contributed by atoms with Gasteiger partial charge in [-0.15, -0.1) is 0 Å². The van der Waals surface area contributed by atoms with E-state index < -0.39 is 25.6 Å². The quantitative estimate of drug-likeness (QED) is 0.861. The molecule has 0 amide bonds. The Morgan fingerprint density at radius 1 is 1.05 bits per heavy atom. The first kappa shape index (κ1) is 15.4. The minimum absolute atomic E-state index is 0.296. The molecule has 0 unspecified atom stereocenters. The minimum Gasteiger partial charge on any atom is -0.225 e. The molecule has 0 aromatic heterocycles. The summed E-state index contributed by atoms with van der Waals surface area (Å²) in [6, 6.07) is 5.36. The molecule has 0 spiro atoms. The van der Waals surface area contributed by atoms with Gasteiger partial charge >= 0.3 is 0 Å². The van der Waals surface area contributed by atoms with Crippen LogP contribution in [0.4, 0.5) is 0 Å². The van der Waals surface area contributed by atoms with Crippen LogP contribution in [0.5, 0.6) is 0 Å². The predicted octanol–water partition coefficient (Wildman–Crippen LogP) is 0.945. The Balaban J connectivity index is 2.45. The Labute approximate surface area is 119 Å². The van der Waals surface area contributed by atoms with E-state index in [0.29, 0.717) is 0 Å². The molecule has 0 aliphatic heterocycles. The molecule has 1 aromatic rings. The maximum Gasteiger partial charge on any atom is 0.242 e. The standard InChI is InChI=1S/C12H18N2O4S2/c1-12(8-4-5-9-12)14-20(17,18)11-7-3-2-6-10(11)19(13,15)16/h2-3,6-7,14H,4-5,8-9H2,1H3,(H2,13,15,16). The third-order valence-electron chi connectivity index (χ3n) is 3.53. The number of nitrogens with two attached hydrogens (primary N) is 1. The average Bonchev–Trinajstić information content (AvgIpc) is 2.73. The molecule has 6 nitrogen and oxygen atoms in total. The van der Waals surface area contributed by atoms with Crippen molar-refractivity contribution in [2.45, 2.75) is 47.9 Å². The zero-order valence-electron chi connectivity index (χ0n) is 11.2. The van der Waals surface area contributed by atoms with Gasteiger partial charge < -0.3 is 0 Å². The zero-order chi connectivity index (χ0) is 15.0. The molecule has 0 bridgehead atoms. The van der Waals surface area contributed by atoms with E-state index in [0.717, 1.165) is 25.7 Å². The van der Waals surface area contributed by atoms with Crippen LogP contribution in [0.15, 0.2) is 34.1 Å². The van der Waals surface area contributed by atoms with Crippen molar-refractivity contribution < 1.29 is 16.8 Å². The lowest BCUT2D eigenvalue weighted by Crippen LogP contribution is -2.43. The van der Waals surface area contributed by atoms with E-state index >= 15 is 0 Å². The molecule has 3 N–H and O–H groups in total. The Morgan fingerprint density at radius 2 is 1.55 bits per heavy atom. The first-order chi connectivity index (χ1) is 9.14. The van der Waals surface area contributed by atoms with Crippen LogP contribution in [-0.2, 0) is 20.0 Å². The van der Waals surface area contributed by atoms with Crippen LogP contribution in [0.2, 0.25) is 0 Å². The third-order valence-corrected chi connectivity index (χ3v) is 6.33. The second-order valence-electron chi connectivity index (χ2n) is 5.37. The summed E-state index contributed by atoms with van der Waals surface area (Å²) in [5.41, 5.74) is -0.524.